The molecule has 0 radical (unpaired) electrons. The maximum atomic E-state index is 9.39. The largest absolute Gasteiger partial charge is 0.508 e. The van der Waals surface area contributed by atoms with Gasteiger partial charge in [0.25, 0.3) is 0 Å². The number of phenolic OH excluding ortho intramolecular Hbond substituents is 1. The van der Waals surface area contributed by atoms with Gasteiger partial charge in [-0.25, -0.2) is 0 Å². The van der Waals surface area contributed by atoms with Crippen molar-refractivity contribution < 1.29 is 9.84 Å². The van der Waals surface area contributed by atoms with Crippen LogP contribution in [0.4, 0.5) is 0 Å². The third-order valence-electron chi connectivity index (χ3n) is 4.11. The first-order valence-electron chi connectivity index (χ1n) is 6.35. The lowest BCUT2D eigenvalue weighted by molar-refractivity contribution is 0.147. The molecule has 17 heavy (non-hydrogen) atoms. The Kier molecular flexibility index (Phi) is 2.51. The van der Waals surface area contributed by atoms with Gasteiger partial charge in [0, 0.05) is 18.2 Å². The van der Waals surface area contributed by atoms with Crippen LogP contribution in [0.25, 0.3) is 0 Å². The molecule has 0 saturated heterocycles. The molecule has 0 spiro atoms. The van der Waals surface area contributed by atoms with Crippen molar-refractivity contribution in [2.45, 2.75) is 32.2 Å². The number of fused-ring (bicyclic) bond motifs is 1. The summed E-state index contributed by atoms with van der Waals surface area (Å²) < 4.78 is 5.59. The lowest BCUT2D eigenvalue weighted by atomic mass is 9.70. The van der Waals surface area contributed by atoms with Gasteiger partial charge < -0.3 is 15.2 Å². The SMILES string of the molecule is CC1(CNC2COc3cc(O)ccc32)CCC1. The zero-order valence-corrected chi connectivity index (χ0v) is 10.2. The molecule has 3 heteroatoms. The molecule has 1 heterocycles. The fourth-order valence-electron chi connectivity index (χ4n) is 2.69. The third-order valence-corrected chi connectivity index (χ3v) is 4.11. The summed E-state index contributed by atoms with van der Waals surface area (Å²) >= 11 is 0. The van der Waals surface area contributed by atoms with Crippen molar-refractivity contribution in [1.29, 1.82) is 0 Å². The molecule has 1 unspecified atom stereocenters. The summed E-state index contributed by atoms with van der Waals surface area (Å²) in [5.41, 5.74) is 1.66. The Morgan fingerprint density at radius 3 is 3.00 bits per heavy atom. The zero-order chi connectivity index (χ0) is 11.9. The second-order valence-electron chi connectivity index (χ2n) is 5.63. The smallest absolute Gasteiger partial charge is 0.127 e. The highest BCUT2D eigenvalue weighted by Gasteiger charge is 2.33. The molecular formula is C14H19NO2. The van der Waals surface area contributed by atoms with Crippen molar-refractivity contribution >= 4 is 0 Å². The third kappa shape index (κ3) is 2.00. The van der Waals surface area contributed by atoms with Gasteiger partial charge in [-0.2, -0.15) is 0 Å². The molecule has 1 aliphatic carbocycles. The quantitative estimate of drug-likeness (QED) is 0.843. The summed E-state index contributed by atoms with van der Waals surface area (Å²) in [7, 11) is 0. The van der Waals surface area contributed by atoms with Gasteiger partial charge in [-0.15, -0.1) is 0 Å². The first-order chi connectivity index (χ1) is 8.16. The highest BCUT2D eigenvalue weighted by molar-refractivity contribution is 5.44. The van der Waals surface area contributed by atoms with Crippen LogP contribution in [0.15, 0.2) is 18.2 Å². The summed E-state index contributed by atoms with van der Waals surface area (Å²) in [6.07, 6.45) is 4.02. The standard InChI is InChI=1S/C14H19NO2/c1-14(5-2-6-14)9-15-12-8-17-13-7-10(16)3-4-11(12)13/h3-4,7,12,15-16H,2,5-6,8-9H2,1H3. The first kappa shape index (κ1) is 10.9. The predicted octanol–water partition coefficient (Wildman–Crippen LogP) is 2.61. The molecule has 1 aliphatic heterocycles. The van der Waals surface area contributed by atoms with Crippen LogP contribution in [-0.2, 0) is 0 Å². The van der Waals surface area contributed by atoms with Gasteiger partial charge >= 0.3 is 0 Å². The van der Waals surface area contributed by atoms with Crippen LogP contribution in [0.1, 0.15) is 37.8 Å². The van der Waals surface area contributed by atoms with E-state index in [1.165, 1.54) is 24.8 Å². The fourth-order valence-corrected chi connectivity index (χ4v) is 2.69. The monoisotopic (exact) mass is 233 g/mol. The molecule has 3 rings (SSSR count). The molecule has 92 valence electrons. The van der Waals surface area contributed by atoms with Crippen molar-refractivity contribution in [3.63, 3.8) is 0 Å². The number of hydrogen-bond donors (Lipinski definition) is 2. The molecule has 0 bridgehead atoms. The highest BCUT2D eigenvalue weighted by Crippen LogP contribution is 2.41. The Hall–Kier alpha value is -1.22. The van der Waals surface area contributed by atoms with Gasteiger partial charge in [0.2, 0.25) is 0 Å². The van der Waals surface area contributed by atoms with Crippen LogP contribution in [0.2, 0.25) is 0 Å². The van der Waals surface area contributed by atoms with E-state index >= 15 is 0 Å². The lowest BCUT2D eigenvalue weighted by Crippen LogP contribution is -2.39. The molecular weight excluding hydrogens is 214 g/mol. The molecule has 1 aromatic rings. The molecule has 2 aliphatic rings. The van der Waals surface area contributed by atoms with Gasteiger partial charge in [0.1, 0.15) is 18.1 Å². The summed E-state index contributed by atoms with van der Waals surface area (Å²) in [4.78, 5) is 0. The second-order valence-corrected chi connectivity index (χ2v) is 5.63. The first-order valence-corrected chi connectivity index (χ1v) is 6.35. The number of aromatic hydroxyl groups is 1. The minimum atomic E-state index is 0.273. The Labute approximate surface area is 102 Å². The Morgan fingerprint density at radius 2 is 2.29 bits per heavy atom. The van der Waals surface area contributed by atoms with E-state index in [0.29, 0.717) is 12.0 Å². The van der Waals surface area contributed by atoms with Crippen LogP contribution >= 0.6 is 0 Å². The molecule has 1 atom stereocenters. The van der Waals surface area contributed by atoms with E-state index < -0.39 is 0 Å². The number of phenols is 1. The number of benzene rings is 1. The molecule has 1 aromatic carbocycles. The molecule has 2 N–H and O–H groups in total. The number of rotatable bonds is 3. The minimum Gasteiger partial charge on any atom is -0.508 e. The summed E-state index contributed by atoms with van der Waals surface area (Å²) in [6, 6.07) is 5.66. The average Bonchev–Trinajstić information content (AvgIpc) is 2.66. The van der Waals surface area contributed by atoms with E-state index in [0.717, 1.165) is 12.3 Å². The van der Waals surface area contributed by atoms with E-state index in [1.54, 1.807) is 12.1 Å². The van der Waals surface area contributed by atoms with Crippen molar-refractivity contribution in [3.8, 4) is 11.5 Å². The summed E-state index contributed by atoms with van der Waals surface area (Å²) in [5, 5.41) is 13.0. The normalized spacial score (nSPS) is 24.9. The summed E-state index contributed by atoms with van der Waals surface area (Å²) in [5.74, 6) is 1.09. The van der Waals surface area contributed by atoms with Crippen LogP contribution in [-0.4, -0.2) is 18.3 Å². The van der Waals surface area contributed by atoms with Gasteiger partial charge in [-0.05, 0) is 30.4 Å². The van der Waals surface area contributed by atoms with Crippen LogP contribution in [0, 0.1) is 5.41 Å². The Balaban J connectivity index is 1.67. The maximum Gasteiger partial charge on any atom is 0.127 e. The van der Waals surface area contributed by atoms with Crippen LogP contribution in [0.5, 0.6) is 11.5 Å². The van der Waals surface area contributed by atoms with E-state index in [1.807, 2.05) is 6.07 Å². The number of nitrogens with one attached hydrogen (secondary N) is 1. The zero-order valence-electron chi connectivity index (χ0n) is 10.2. The van der Waals surface area contributed by atoms with Crippen molar-refractivity contribution in [2.75, 3.05) is 13.2 Å². The Morgan fingerprint density at radius 1 is 1.47 bits per heavy atom. The minimum absolute atomic E-state index is 0.273. The average molecular weight is 233 g/mol. The molecule has 1 fully saturated rings. The number of hydrogen-bond acceptors (Lipinski definition) is 3. The highest BCUT2D eigenvalue weighted by atomic mass is 16.5. The van der Waals surface area contributed by atoms with E-state index in [4.69, 9.17) is 4.74 Å². The van der Waals surface area contributed by atoms with E-state index in [9.17, 15) is 5.11 Å². The molecule has 0 aromatic heterocycles. The maximum absolute atomic E-state index is 9.39. The second kappa shape index (κ2) is 3.91. The van der Waals surface area contributed by atoms with Gasteiger partial charge in [0.05, 0.1) is 6.04 Å². The van der Waals surface area contributed by atoms with Gasteiger partial charge in [-0.3, -0.25) is 0 Å². The van der Waals surface area contributed by atoms with Crippen LogP contribution < -0.4 is 10.1 Å². The number of ether oxygens (including phenoxy) is 1. The van der Waals surface area contributed by atoms with E-state index in [2.05, 4.69) is 12.2 Å². The van der Waals surface area contributed by atoms with Gasteiger partial charge in [0.15, 0.2) is 0 Å². The fraction of sp³-hybridized carbons (Fsp3) is 0.571. The van der Waals surface area contributed by atoms with Gasteiger partial charge in [-0.1, -0.05) is 13.3 Å². The predicted molar refractivity (Wildman–Crippen MR) is 66.3 cm³/mol. The molecule has 3 nitrogen and oxygen atoms in total. The molecule has 1 saturated carbocycles. The van der Waals surface area contributed by atoms with Crippen molar-refractivity contribution in [3.05, 3.63) is 23.8 Å². The molecule has 0 amide bonds. The van der Waals surface area contributed by atoms with E-state index in [-0.39, 0.29) is 11.8 Å². The van der Waals surface area contributed by atoms with Crippen LogP contribution in [0.3, 0.4) is 0 Å². The van der Waals surface area contributed by atoms with Crippen molar-refractivity contribution in [2.24, 2.45) is 5.41 Å². The topological polar surface area (TPSA) is 41.5 Å². The Bertz CT molecular complexity index is 426. The summed E-state index contributed by atoms with van der Waals surface area (Å²) in [6.45, 7) is 4.08. The van der Waals surface area contributed by atoms with Crippen molar-refractivity contribution in [1.82, 2.24) is 5.32 Å². The lowest BCUT2D eigenvalue weighted by Gasteiger charge is -2.39.